The van der Waals surface area contributed by atoms with Gasteiger partial charge in [-0.25, -0.2) is 4.79 Å². The first kappa shape index (κ1) is 32.3. The molecule has 45 heavy (non-hydrogen) atoms. The quantitative estimate of drug-likeness (QED) is 0.169. The molecule has 246 valence electrons. The van der Waals surface area contributed by atoms with E-state index < -0.39 is 17.4 Å². The Morgan fingerprint density at radius 2 is 1.64 bits per heavy atom. The molecule has 0 heterocycles. The second-order valence-corrected chi connectivity index (χ2v) is 16.8. The fourth-order valence-corrected chi connectivity index (χ4v) is 12.7. The number of aliphatic hydroxyl groups is 1. The Labute approximate surface area is 269 Å². The lowest BCUT2D eigenvalue weighted by Crippen LogP contribution is -2.69. The van der Waals surface area contributed by atoms with Gasteiger partial charge in [-0.15, -0.1) is 0 Å². The Bertz CT molecular complexity index is 1380. The van der Waals surface area contributed by atoms with Gasteiger partial charge in [-0.1, -0.05) is 52.0 Å². The van der Waals surface area contributed by atoms with Crippen molar-refractivity contribution in [3.8, 4) is 5.75 Å². The van der Waals surface area contributed by atoms with Crippen molar-refractivity contribution in [3.63, 3.8) is 0 Å². The van der Waals surface area contributed by atoms with E-state index in [1.54, 1.807) is 30.3 Å². The summed E-state index contributed by atoms with van der Waals surface area (Å²) in [5, 5.41) is 32.0. The second-order valence-electron chi connectivity index (χ2n) is 16.8. The van der Waals surface area contributed by atoms with Gasteiger partial charge in [-0.2, -0.15) is 0 Å². The summed E-state index contributed by atoms with van der Waals surface area (Å²) in [6, 6.07) is 6.66. The molecule has 0 amide bonds. The molecule has 0 radical (unpaired) electrons. The number of carboxylic acids is 1. The number of esters is 1. The molecule has 5 aliphatic rings. The normalized spacial score (nSPS) is 43.4. The monoisotopic (exact) mass is 618 g/mol. The molecule has 1 aromatic rings. The lowest BCUT2D eigenvalue weighted by atomic mass is 9.32. The van der Waals surface area contributed by atoms with Crippen molar-refractivity contribution >= 4 is 18.0 Å². The topological polar surface area (TPSA) is 104 Å². The molecule has 5 aliphatic carbocycles. The number of hydrogen-bond acceptors (Lipinski definition) is 5. The summed E-state index contributed by atoms with van der Waals surface area (Å²) in [4.78, 5) is 26.9. The smallest absolute Gasteiger partial charge is 0.330 e. The molecule has 1 unspecified atom stereocenters. The van der Waals surface area contributed by atoms with E-state index in [4.69, 9.17) is 4.74 Å². The van der Waals surface area contributed by atoms with Crippen LogP contribution in [0.15, 0.2) is 42.5 Å². The van der Waals surface area contributed by atoms with Gasteiger partial charge < -0.3 is 20.1 Å². The highest BCUT2D eigenvalue weighted by molar-refractivity contribution is 5.87. The number of phenols is 1. The molecule has 6 heteroatoms. The van der Waals surface area contributed by atoms with Crippen LogP contribution in [0, 0.1) is 56.7 Å². The van der Waals surface area contributed by atoms with Crippen molar-refractivity contribution in [2.45, 2.75) is 105 Å². The maximum atomic E-state index is 13.9. The van der Waals surface area contributed by atoms with E-state index in [9.17, 15) is 24.9 Å². The number of aliphatic hydroxyl groups excluding tert-OH is 1. The molecule has 0 aliphatic heterocycles. The van der Waals surface area contributed by atoms with E-state index in [0.717, 1.165) is 68.9 Å². The van der Waals surface area contributed by atoms with Crippen LogP contribution in [0.1, 0.15) is 104 Å². The Balaban J connectivity index is 1.32. The minimum absolute atomic E-state index is 0.000476. The van der Waals surface area contributed by atoms with Crippen molar-refractivity contribution in [1.82, 2.24) is 0 Å². The predicted molar refractivity (Wildman–Crippen MR) is 175 cm³/mol. The van der Waals surface area contributed by atoms with Crippen LogP contribution in [-0.2, 0) is 14.3 Å². The number of carbonyl (C=O) groups excluding carboxylic acids is 1. The molecule has 0 bridgehead atoms. The third kappa shape index (κ3) is 4.66. The summed E-state index contributed by atoms with van der Waals surface area (Å²) < 4.78 is 6.01. The highest BCUT2D eigenvalue weighted by Gasteiger charge is 2.74. The number of hydrogen-bond donors (Lipinski definition) is 3. The van der Waals surface area contributed by atoms with E-state index in [-0.39, 0.29) is 51.3 Å². The summed E-state index contributed by atoms with van der Waals surface area (Å²) in [5.74, 6) is 0.152. The highest BCUT2D eigenvalue weighted by atomic mass is 16.5. The fourth-order valence-electron chi connectivity index (χ4n) is 12.7. The number of allylic oxidation sites excluding steroid dienone is 1. The molecular weight excluding hydrogens is 564 g/mol. The maximum Gasteiger partial charge on any atom is 0.330 e. The highest BCUT2D eigenvalue weighted by Crippen LogP contribution is 2.77. The number of carbonyl (C=O) groups is 2. The lowest BCUT2D eigenvalue weighted by molar-refractivity contribution is -0.256. The molecule has 0 aromatic heterocycles. The summed E-state index contributed by atoms with van der Waals surface area (Å²) in [7, 11) is 0. The first-order chi connectivity index (χ1) is 21.1. The van der Waals surface area contributed by atoms with E-state index in [1.165, 1.54) is 6.08 Å². The van der Waals surface area contributed by atoms with E-state index >= 15 is 0 Å². The Hall–Kier alpha value is -2.60. The van der Waals surface area contributed by atoms with Gasteiger partial charge in [0.05, 0.1) is 18.1 Å². The van der Waals surface area contributed by atoms with Gasteiger partial charge in [-0.05, 0) is 141 Å². The summed E-state index contributed by atoms with van der Waals surface area (Å²) in [6.07, 6.45) is 11.5. The van der Waals surface area contributed by atoms with Crippen LogP contribution in [-0.4, -0.2) is 40.0 Å². The number of carboxylic acid groups (broad SMARTS) is 1. The van der Waals surface area contributed by atoms with Gasteiger partial charge in [0.15, 0.2) is 0 Å². The molecular formula is C39H54O6. The molecule has 3 N–H and O–H groups in total. The Morgan fingerprint density at radius 3 is 2.31 bits per heavy atom. The van der Waals surface area contributed by atoms with Crippen molar-refractivity contribution < 1.29 is 29.6 Å². The third-order valence-electron chi connectivity index (χ3n) is 14.8. The largest absolute Gasteiger partial charge is 0.508 e. The van der Waals surface area contributed by atoms with E-state index in [1.807, 2.05) is 0 Å². The number of phenolic OH excluding ortho intramolecular Hbond substituents is 1. The van der Waals surface area contributed by atoms with Gasteiger partial charge >= 0.3 is 11.9 Å². The fraction of sp³-hybridized carbons (Fsp3) is 0.692. The standard InChI is InChI=1S/C39H54O6/c1-24(2)27-15-20-38(23-45-32(42)14-9-25-7-10-26(40)11-8-25)21-22-39(34(43)44)28(33(27)38)12-13-30-36(5)18-17-31(41)35(3,4)29(36)16-19-37(30,39)6/h7-11,14,27-31,33,40-41H,1,12-13,15-23H2,2-6H3,(H,43,44)/t27-,28+,29-,30+,31?,33+,36-,37+,38+,39+/m0/s1. The molecule has 0 saturated heterocycles. The summed E-state index contributed by atoms with van der Waals surface area (Å²) >= 11 is 0. The Morgan fingerprint density at radius 1 is 0.933 bits per heavy atom. The van der Waals surface area contributed by atoms with Crippen LogP contribution in [0.25, 0.3) is 6.08 Å². The molecule has 10 atom stereocenters. The minimum Gasteiger partial charge on any atom is -0.508 e. The van der Waals surface area contributed by atoms with Crippen molar-refractivity contribution in [3.05, 3.63) is 48.1 Å². The average Bonchev–Trinajstić information content (AvgIpc) is 3.38. The minimum atomic E-state index is -0.834. The first-order valence-corrected chi connectivity index (χ1v) is 17.3. The van der Waals surface area contributed by atoms with Gasteiger partial charge in [0.25, 0.3) is 0 Å². The zero-order valence-electron chi connectivity index (χ0n) is 28.0. The molecule has 5 saturated carbocycles. The van der Waals surface area contributed by atoms with Crippen LogP contribution in [0.2, 0.25) is 0 Å². The van der Waals surface area contributed by atoms with Crippen molar-refractivity contribution in [1.29, 1.82) is 0 Å². The van der Waals surface area contributed by atoms with E-state index in [2.05, 4.69) is 41.2 Å². The lowest BCUT2D eigenvalue weighted by Gasteiger charge is -2.72. The molecule has 5 fully saturated rings. The van der Waals surface area contributed by atoms with Gasteiger partial charge in [-0.3, -0.25) is 4.79 Å². The zero-order valence-corrected chi connectivity index (χ0v) is 28.0. The Kier molecular flexibility index (Phi) is 7.90. The number of ether oxygens (including phenoxy) is 1. The van der Waals surface area contributed by atoms with E-state index in [0.29, 0.717) is 24.9 Å². The van der Waals surface area contributed by atoms with Gasteiger partial charge in [0.2, 0.25) is 0 Å². The number of aliphatic carboxylic acids is 1. The van der Waals surface area contributed by atoms with Gasteiger partial charge in [0.1, 0.15) is 5.75 Å². The molecule has 0 spiro atoms. The van der Waals surface area contributed by atoms with Gasteiger partial charge in [0, 0.05) is 11.5 Å². The predicted octanol–water partition coefficient (Wildman–Crippen LogP) is 8.03. The first-order valence-electron chi connectivity index (χ1n) is 17.3. The van der Waals surface area contributed by atoms with Crippen molar-refractivity contribution in [2.24, 2.45) is 56.7 Å². The van der Waals surface area contributed by atoms with Crippen molar-refractivity contribution in [2.75, 3.05) is 6.61 Å². The molecule has 1 aromatic carbocycles. The average molecular weight is 619 g/mol. The number of rotatable bonds is 6. The van der Waals surface area contributed by atoms with Crippen LogP contribution < -0.4 is 0 Å². The van der Waals surface area contributed by atoms with Crippen LogP contribution in [0.4, 0.5) is 0 Å². The molecule has 6 nitrogen and oxygen atoms in total. The van der Waals surface area contributed by atoms with Crippen LogP contribution in [0.3, 0.4) is 0 Å². The van der Waals surface area contributed by atoms with Crippen LogP contribution >= 0.6 is 0 Å². The SMILES string of the molecule is C=C(C)[C@@H]1CC[C@]2(COC(=O)C=Cc3ccc(O)cc3)CC[C@]3(C(=O)O)[C@H](CC[C@@H]4[C@@]5(C)CCC(O)C(C)(C)[C@@H]5CC[C@]43C)[C@@H]12. The maximum absolute atomic E-state index is 13.9. The third-order valence-corrected chi connectivity index (χ3v) is 14.8. The second kappa shape index (κ2) is 11.0. The summed E-state index contributed by atoms with van der Waals surface area (Å²) in [6.45, 7) is 16.0. The number of benzene rings is 1. The number of fused-ring (bicyclic) bond motifs is 7. The van der Waals surface area contributed by atoms with Crippen LogP contribution in [0.5, 0.6) is 5.75 Å². The molecule has 6 rings (SSSR count). The zero-order chi connectivity index (χ0) is 32.6. The summed E-state index contributed by atoms with van der Waals surface area (Å²) in [5.41, 5.74) is 0.310. The number of aromatic hydroxyl groups is 1.